The van der Waals surface area contributed by atoms with E-state index in [-0.39, 0.29) is 17.4 Å². The molecule has 0 bridgehead atoms. The Bertz CT molecular complexity index is 1390. The Labute approximate surface area is 237 Å². The molecule has 0 N–H and O–H groups in total. The molecule has 2 aromatic carbocycles. The molecule has 0 unspecified atom stereocenters. The first kappa shape index (κ1) is 28.1. The van der Waals surface area contributed by atoms with E-state index >= 15 is 8.78 Å². The number of halogens is 3. The second-order valence-corrected chi connectivity index (χ2v) is 13.3. The minimum absolute atomic E-state index is 0.0873. The lowest BCUT2D eigenvalue weighted by molar-refractivity contribution is 0.186. The number of hydrogen-bond acceptors (Lipinski definition) is 7. The molecule has 2 aliphatic heterocycles. The smallest absolute Gasteiger partial charge is 0.272 e. The largest absolute Gasteiger partial charge is 0.497 e. The van der Waals surface area contributed by atoms with E-state index in [0.717, 1.165) is 54.1 Å². The van der Waals surface area contributed by atoms with Gasteiger partial charge in [-0.05, 0) is 68.9 Å². The van der Waals surface area contributed by atoms with E-state index in [2.05, 4.69) is 16.9 Å². The Morgan fingerprint density at radius 2 is 1.85 bits per heavy atom. The number of likely N-dealkylation sites (tertiary alicyclic amines) is 1. The predicted molar refractivity (Wildman–Crippen MR) is 150 cm³/mol. The van der Waals surface area contributed by atoms with Crippen LogP contribution in [0.5, 0.6) is 5.75 Å². The first-order valence-corrected chi connectivity index (χ1v) is 15.5. The fourth-order valence-corrected chi connectivity index (χ4v) is 8.04. The summed E-state index contributed by atoms with van der Waals surface area (Å²) in [7, 11) is -1.04. The van der Waals surface area contributed by atoms with E-state index in [1.165, 1.54) is 13.3 Å². The topological polar surface area (TPSA) is 66.0 Å². The highest BCUT2D eigenvalue weighted by Crippen LogP contribution is 2.41. The maximum absolute atomic E-state index is 15.6. The molecular weight excluding hydrogens is 566 g/mol. The van der Waals surface area contributed by atoms with Gasteiger partial charge in [0.25, 0.3) is 10.0 Å². The molecule has 2 aliphatic rings. The number of piperidine rings is 1. The van der Waals surface area contributed by atoms with Crippen molar-refractivity contribution in [3.05, 3.63) is 64.1 Å². The molecule has 0 atom stereocenters. The fraction of sp³-hybridized carbons (Fsp3) is 0.444. The molecule has 7 nitrogen and oxygen atoms in total. The molecule has 3 aromatic rings. The normalized spacial score (nSPS) is 17.3. The van der Waals surface area contributed by atoms with Crippen LogP contribution in [0.4, 0.5) is 19.6 Å². The first-order valence-electron chi connectivity index (χ1n) is 12.8. The monoisotopic (exact) mass is 596 g/mol. The SMILES string of the molecule is COc1ccc(CN(c2nccs2)S(=O)(=O)c2c(F)cc(N3CC(CC4CCN(C)CC4)C3)c(Cl)c2F)cc1. The zero-order valence-electron chi connectivity index (χ0n) is 21.8. The Hall–Kier alpha value is -2.47. The van der Waals surface area contributed by atoms with Crippen LogP contribution in [0.1, 0.15) is 24.8 Å². The number of methoxy groups -OCH3 is 1. The van der Waals surface area contributed by atoms with Crippen molar-refractivity contribution in [3.8, 4) is 5.75 Å². The van der Waals surface area contributed by atoms with Gasteiger partial charge in [-0.3, -0.25) is 0 Å². The van der Waals surface area contributed by atoms with Crippen molar-refractivity contribution < 1.29 is 21.9 Å². The van der Waals surface area contributed by atoms with E-state index in [9.17, 15) is 8.42 Å². The Kier molecular flexibility index (Phi) is 8.32. The highest BCUT2D eigenvalue weighted by atomic mass is 35.5. The lowest BCUT2D eigenvalue weighted by Crippen LogP contribution is -2.48. The molecule has 12 heteroatoms. The van der Waals surface area contributed by atoms with E-state index in [1.807, 2.05) is 4.90 Å². The van der Waals surface area contributed by atoms with Crippen LogP contribution < -0.4 is 13.9 Å². The molecule has 0 saturated carbocycles. The lowest BCUT2D eigenvalue weighted by atomic mass is 9.83. The summed E-state index contributed by atoms with van der Waals surface area (Å²) in [5.41, 5.74) is 0.774. The van der Waals surface area contributed by atoms with E-state index in [1.54, 1.807) is 29.6 Å². The summed E-state index contributed by atoms with van der Waals surface area (Å²) in [6.07, 6.45) is 4.84. The minimum Gasteiger partial charge on any atom is -0.497 e. The van der Waals surface area contributed by atoms with E-state index in [4.69, 9.17) is 16.3 Å². The van der Waals surface area contributed by atoms with Crippen LogP contribution in [0.25, 0.3) is 0 Å². The average molecular weight is 597 g/mol. The van der Waals surface area contributed by atoms with E-state index < -0.39 is 31.6 Å². The van der Waals surface area contributed by atoms with Gasteiger partial charge in [-0.15, -0.1) is 11.3 Å². The van der Waals surface area contributed by atoms with Crippen LogP contribution in [0, 0.1) is 23.5 Å². The number of rotatable bonds is 9. The quantitative estimate of drug-likeness (QED) is 0.298. The van der Waals surface area contributed by atoms with Crippen LogP contribution in [0.3, 0.4) is 0 Å². The number of aromatic nitrogens is 1. The molecule has 39 heavy (non-hydrogen) atoms. The molecular formula is C27H31ClF2N4O3S2. The predicted octanol–water partition coefficient (Wildman–Crippen LogP) is 5.65. The molecule has 0 spiro atoms. The molecule has 2 fully saturated rings. The second-order valence-electron chi connectivity index (χ2n) is 10.3. The fourth-order valence-electron chi connectivity index (χ4n) is 5.32. The van der Waals surface area contributed by atoms with Crippen molar-refractivity contribution in [1.82, 2.24) is 9.88 Å². The van der Waals surface area contributed by atoms with Gasteiger partial charge in [-0.2, -0.15) is 0 Å². The van der Waals surface area contributed by atoms with Crippen molar-refractivity contribution in [2.75, 3.05) is 49.5 Å². The van der Waals surface area contributed by atoms with Gasteiger partial charge in [0.1, 0.15) is 16.6 Å². The number of ether oxygens (including phenoxy) is 1. The zero-order valence-corrected chi connectivity index (χ0v) is 24.2. The number of anilines is 2. The lowest BCUT2D eigenvalue weighted by Gasteiger charge is -2.44. The molecule has 3 heterocycles. The van der Waals surface area contributed by atoms with Crippen LogP contribution >= 0.6 is 22.9 Å². The van der Waals surface area contributed by atoms with Crippen molar-refractivity contribution in [1.29, 1.82) is 0 Å². The average Bonchev–Trinajstić information content (AvgIpc) is 3.42. The highest BCUT2D eigenvalue weighted by molar-refractivity contribution is 7.93. The summed E-state index contributed by atoms with van der Waals surface area (Å²) in [5, 5.41) is 1.29. The molecule has 210 valence electrons. The number of benzene rings is 2. The molecule has 0 aliphatic carbocycles. The zero-order chi connectivity index (χ0) is 27.7. The van der Waals surface area contributed by atoms with Crippen molar-refractivity contribution in [2.45, 2.75) is 30.7 Å². The van der Waals surface area contributed by atoms with Crippen LogP contribution in [0.2, 0.25) is 5.02 Å². The standard InChI is InChI=1S/C27H31ClF2N4O3S2/c1-32-10-7-18(8-11-32)13-20-15-33(16-20)23-14-22(29)26(25(30)24(23)28)39(35,36)34(27-31-9-12-38-27)17-19-3-5-21(37-2)6-4-19/h3-6,9,12,14,18,20H,7-8,10-11,13,15-17H2,1-2H3. The maximum atomic E-state index is 15.6. The van der Waals surface area contributed by atoms with Gasteiger partial charge < -0.3 is 14.5 Å². The van der Waals surface area contributed by atoms with E-state index in [0.29, 0.717) is 36.2 Å². The molecule has 0 amide bonds. The summed E-state index contributed by atoms with van der Waals surface area (Å²) in [5.74, 6) is -0.786. The highest BCUT2D eigenvalue weighted by Gasteiger charge is 2.38. The summed E-state index contributed by atoms with van der Waals surface area (Å²) in [6, 6.07) is 7.77. The van der Waals surface area contributed by atoms with Gasteiger partial charge >= 0.3 is 0 Å². The third-order valence-electron chi connectivity index (χ3n) is 7.57. The van der Waals surface area contributed by atoms with Gasteiger partial charge in [0.05, 0.1) is 19.3 Å². The summed E-state index contributed by atoms with van der Waals surface area (Å²) in [6.45, 7) is 3.29. The van der Waals surface area contributed by atoms with Gasteiger partial charge in [0.2, 0.25) is 0 Å². The van der Waals surface area contributed by atoms with Crippen molar-refractivity contribution in [2.24, 2.45) is 11.8 Å². The molecule has 0 radical (unpaired) electrons. The van der Waals surface area contributed by atoms with Crippen molar-refractivity contribution in [3.63, 3.8) is 0 Å². The molecule has 5 rings (SSSR count). The Balaban J connectivity index is 1.37. The van der Waals surface area contributed by atoms with Crippen LogP contribution in [0.15, 0.2) is 46.8 Å². The number of nitrogens with zero attached hydrogens (tertiary/aromatic N) is 4. The van der Waals surface area contributed by atoms with Gasteiger partial charge in [-0.1, -0.05) is 23.7 Å². The third-order valence-corrected chi connectivity index (χ3v) is 10.6. The van der Waals surface area contributed by atoms with Gasteiger partial charge in [-0.25, -0.2) is 26.5 Å². The van der Waals surface area contributed by atoms with Crippen LogP contribution in [-0.4, -0.2) is 58.6 Å². The van der Waals surface area contributed by atoms with Gasteiger partial charge in [0.15, 0.2) is 15.8 Å². The van der Waals surface area contributed by atoms with Gasteiger partial charge in [0, 0.05) is 30.7 Å². The first-order chi connectivity index (χ1) is 18.7. The minimum atomic E-state index is -4.69. The number of thiazole rings is 1. The molecule has 1 aromatic heterocycles. The van der Waals surface area contributed by atoms with Crippen molar-refractivity contribution >= 4 is 43.8 Å². The number of hydrogen-bond donors (Lipinski definition) is 0. The maximum Gasteiger partial charge on any atom is 0.272 e. The number of sulfonamides is 1. The Morgan fingerprint density at radius 1 is 1.15 bits per heavy atom. The summed E-state index contributed by atoms with van der Waals surface area (Å²) >= 11 is 7.42. The molecule has 2 saturated heterocycles. The Morgan fingerprint density at radius 3 is 2.46 bits per heavy atom. The second kappa shape index (κ2) is 11.6. The third kappa shape index (κ3) is 5.86. The summed E-state index contributed by atoms with van der Waals surface area (Å²) < 4.78 is 64.6. The van der Waals surface area contributed by atoms with Crippen LogP contribution in [-0.2, 0) is 16.6 Å². The summed E-state index contributed by atoms with van der Waals surface area (Å²) in [4.78, 5) is 7.17.